The van der Waals surface area contributed by atoms with Crippen molar-refractivity contribution in [2.45, 2.75) is 32.9 Å². The van der Waals surface area contributed by atoms with Gasteiger partial charge in [-0.1, -0.05) is 19.9 Å². The van der Waals surface area contributed by atoms with Crippen LogP contribution in [0.1, 0.15) is 20.3 Å². The molecule has 0 bridgehead atoms. The second-order valence-electron chi connectivity index (χ2n) is 5.96. The monoisotopic (exact) mass is 427 g/mol. The second kappa shape index (κ2) is 12.0. The van der Waals surface area contributed by atoms with Crippen molar-refractivity contribution in [3.05, 3.63) is 42.7 Å². The number of hydrogen-bond acceptors (Lipinski definition) is 5. The van der Waals surface area contributed by atoms with Gasteiger partial charge in [0.15, 0.2) is 0 Å². The highest BCUT2D eigenvalue weighted by Crippen LogP contribution is 2.24. The Labute approximate surface area is 172 Å². The van der Waals surface area contributed by atoms with Crippen LogP contribution in [-0.2, 0) is 0 Å². The van der Waals surface area contributed by atoms with Gasteiger partial charge in [0, 0.05) is 12.6 Å². The first kappa shape index (κ1) is 23.4. The van der Waals surface area contributed by atoms with E-state index < -0.39 is 13.5 Å². The summed E-state index contributed by atoms with van der Waals surface area (Å²) in [6.07, 6.45) is 4.22. The molecule has 3 aromatic heterocycles. The van der Waals surface area contributed by atoms with E-state index in [-0.39, 0.29) is 5.75 Å². The molecule has 1 saturated heterocycles. The Morgan fingerprint density at radius 3 is 2.67 bits per heavy atom. The van der Waals surface area contributed by atoms with E-state index in [0.717, 1.165) is 25.3 Å². The molecule has 0 aromatic carbocycles. The molecule has 1 fully saturated rings. The maximum absolute atomic E-state index is 12.4. The van der Waals surface area contributed by atoms with Gasteiger partial charge in [-0.2, -0.15) is 8.78 Å². The minimum atomic E-state index is -2.87. The Balaban J connectivity index is 0.000000590. The van der Waals surface area contributed by atoms with Crippen molar-refractivity contribution in [3.63, 3.8) is 0 Å². The van der Waals surface area contributed by atoms with Crippen LogP contribution in [0.15, 0.2) is 42.7 Å². The van der Waals surface area contributed by atoms with E-state index in [9.17, 15) is 17.6 Å². The van der Waals surface area contributed by atoms with Crippen molar-refractivity contribution in [1.29, 1.82) is 0 Å². The number of alkyl halides is 4. The van der Waals surface area contributed by atoms with Gasteiger partial charge in [-0.15, -0.1) is 0 Å². The molecule has 0 spiro atoms. The van der Waals surface area contributed by atoms with Crippen LogP contribution in [0.3, 0.4) is 0 Å². The van der Waals surface area contributed by atoms with Gasteiger partial charge in [0.1, 0.15) is 17.2 Å². The molecule has 6 nitrogen and oxygen atoms in total. The Bertz CT molecular complexity index is 900. The summed E-state index contributed by atoms with van der Waals surface area (Å²) in [7, 11) is 0. The van der Waals surface area contributed by atoms with Crippen LogP contribution < -0.4 is 15.4 Å². The predicted octanol–water partition coefficient (Wildman–Crippen LogP) is 4.68. The molecule has 0 amide bonds. The van der Waals surface area contributed by atoms with Crippen LogP contribution in [-0.4, -0.2) is 47.0 Å². The van der Waals surface area contributed by atoms with Crippen molar-refractivity contribution < 1.29 is 22.3 Å². The molecular formula is C20H25F4N5O. The normalized spacial score (nSPS) is 15.2. The van der Waals surface area contributed by atoms with Gasteiger partial charge >= 0.3 is 6.61 Å². The Morgan fingerprint density at radius 1 is 1.23 bits per heavy atom. The highest BCUT2D eigenvalue weighted by Gasteiger charge is 2.15. The first-order valence-corrected chi connectivity index (χ1v) is 9.59. The quantitative estimate of drug-likeness (QED) is 0.579. The van der Waals surface area contributed by atoms with Crippen LogP contribution in [0.2, 0.25) is 0 Å². The van der Waals surface area contributed by atoms with Gasteiger partial charge in [0.2, 0.25) is 6.93 Å². The van der Waals surface area contributed by atoms with Gasteiger partial charge in [-0.3, -0.25) is 4.40 Å². The Hall–Kier alpha value is -2.88. The molecule has 1 aliphatic heterocycles. The first-order chi connectivity index (χ1) is 14.6. The highest BCUT2D eigenvalue weighted by atomic mass is 19.3. The lowest BCUT2D eigenvalue weighted by Crippen LogP contribution is -2.22. The van der Waals surface area contributed by atoms with Gasteiger partial charge < -0.3 is 15.4 Å². The van der Waals surface area contributed by atoms with E-state index in [0.29, 0.717) is 23.1 Å². The predicted molar refractivity (Wildman–Crippen MR) is 108 cm³/mol. The number of anilines is 1. The number of imidazole rings is 1. The average Bonchev–Trinajstić information content (AvgIpc) is 3.39. The SMILES string of the molecule is CC.FC(F)Oc1ccc2ncc(-c3cccc(NC4CCNC4)n3)n2c1.FCF. The van der Waals surface area contributed by atoms with E-state index in [1.165, 1.54) is 12.3 Å². The molecule has 1 aliphatic rings. The zero-order valence-electron chi connectivity index (χ0n) is 16.8. The fraction of sp³-hybridized carbons (Fsp3) is 0.400. The molecule has 4 heterocycles. The summed E-state index contributed by atoms with van der Waals surface area (Å²) in [5.41, 5.74) is 2.05. The third-order valence-corrected chi connectivity index (χ3v) is 4.13. The lowest BCUT2D eigenvalue weighted by atomic mass is 10.2. The largest absolute Gasteiger partial charge is 0.433 e. The summed E-state index contributed by atoms with van der Waals surface area (Å²) in [5.74, 6) is 0.856. The van der Waals surface area contributed by atoms with Crippen molar-refractivity contribution in [2.24, 2.45) is 0 Å². The molecule has 4 rings (SSSR count). The topological polar surface area (TPSA) is 63.5 Å². The molecule has 3 aromatic rings. The summed E-state index contributed by atoms with van der Waals surface area (Å²) < 4.78 is 50.3. The first-order valence-electron chi connectivity index (χ1n) is 9.59. The molecule has 0 radical (unpaired) electrons. The summed E-state index contributed by atoms with van der Waals surface area (Å²) >= 11 is 0. The summed E-state index contributed by atoms with van der Waals surface area (Å²) in [5, 5.41) is 6.70. The second-order valence-corrected chi connectivity index (χ2v) is 5.96. The van der Waals surface area contributed by atoms with Crippen LogP contribution in [0, 0.1) is 0 Å². The molecule has 2 N–H and O–H groups in total. The summed E-state index contributed by atoms with van der Waals surface area (Å²) in [4.78, 5) is 8.93. The third kappa shape index (κ3) is 6.31. The van der Waals surface area contributed by atoms with Crippen molar-refractivity contribution in [3.8, 4) is 17.1 Å². The standard InChI is InChI=1S/C17H17F2N5O.C2H6.CH2F2/c18-17(19)25-12-4-5-16-21-9-14(24(16)10-12)13-2-1-3-15(23-13)22-11-6-7-20-8-11;1-2;2-1-3/h1-5,9-11,17,20H,6-8H2,(H,22,23);1-2H3;1H2. The van der Waals surface area contributed by atoms with E-state index in [2.05, 4.69) is 25.3 Å². The molecule has 1 atom stereocenters. The number of ether oxygens (including phenoxy) is 1. The number of aromatic nitrogens is 3. The van der Waals surface area contributed by atoms with Crippen molar-refractivity contribution >= 4 is 11.5 Å². The van der Waals surface area contributed by atoms with Crippen LogP contribution >= 0.6 is 0 Å². The van der Waals surface area contributed by atoms with E-state index in [4.69, 9.17) is 0 Å². The maximum Gasteiger partial charge on any atom is 0.387 e. The highest BCUT2D eigenvalue weighted by molar-refractivity contribution is 5.62. The van der Waals surface area contributed by atoms with Gasteiger partial charge in [0.25, 0.3) is 0 Å². The summed E-state index contributed by atoms with van der Waals surface area (Å²) in [6, 6.07) is 9.14. The number of rotatable bonds is 5. The Morgan fingerprint density at radius 2 is 2.00 bits per heavy atom. The minimum absolute atomic E-state index is 0.0769. The van der Waals surface area contributed by atoms with E-state index in [1.54, 1.807) is 16.7 Å². The number of pyridine rings is 2. The molecule has 1 unspecified atom stereocenters. The number of hydrogen-bond donors (Lipinski definition) is 2. The molecule has 0 saturated carbocycles. The van der Waals surface area contributed by atoms with Crippen LogP contribution in [0.4, 0.5) is 23.4 Å². The fourth-order valence-corrected chi connectivity index (χ4v) is 2.97. The summed E-state index contributed by atoms with van der Waals surface area (Å²) in [6.45, 7) is 1.29. The number of halogens is 4. The van der Waals surface area contributed by atoms with Gasteiger partial charge in [-0.25, -0.2) is 18.7 Å². The Kier molecular flexibility index (Phi) is 9.33. The third-order valence-electron chi connectivity index (χ3n) is 4.13. The lowest BCUT2D eigenvalue weighted by molar-refractivity contribution is -0.0501. The number of nitrogens with one attached hydrogen (secondary N) is 2. The van der Waals surface area contributed by atoms with Crippen LogP contribution in [0.5, 0.6) is 5.75 Å². The van der Waals surface area contributed by atoms with Crippen molar-refractivity contribution in [1.82, 2.24) is 19.7 Å². The molecule has 30 heavy (non-hydrogen) atoms. The molecule has 10 heteroatoms. The minimum Gasteiger partial charge on any atom is -0.433 e. The zero-order valence-corrected chi connectivity index (χ0v) is 16.8. The zero-order chi connectivity index (χ0) is 21.9. The van der Waals surface area contributed by atoms with E-state index >= 15 is 0 Å². The van der Waals surface area contributed by atoms with Crippen LogP contribution in [0.25, 0.3) is 17.0 Å². The van der Waals surface area contributed by atoms with Gasteiger partial charge in [-0.05, 0) is 37.2 Å². The molecular weight excluding hydrogens is 402 g/mol. The maximum atomic E-state index is 12.4. The molecule has 0 aliphatic carbocycles. The van der Waals surface area contributed by atoms with Crippen molar-refractivity contribution in [2.75, 3.05) is 25.3 Å². The molecule has 164 valence electrons. The average molecular weight is 427 g/mol. The number of nitrogens with zero attached hydrogens (tertiary/aromatic N) is 3. The lowest BCUT2D eigenvalue weighted by Gasteiger charge is -2.13. The number of fused-ring (bicyclic) bond motifs is 1. The smallest absolute Gasteiger partial charge is 0.387 e. The van der Waals surface area contributed by atoms with Gasteiger partial charge in [0.05, 0.1) is 23.8 Å². The van der Waals surface area contributed by atoms with E-state index in [1.807, 2.05) is 32.0 Å². The fourth-order valence-electron chi connectivity index (χ4n) is 2.97.